The van der Waals surface area contributed by atoms with Crippen molar-refractivity contribution in [2.45, 2.75) is 38.1 Å². The molecule has 1 fully saturated rings. The summed E-state index contributed by atoms with van der Waals surface area (Å²) < 4.78 is 0. The van der Waals surface area contributed by atoms with E-state index in [1.54, 1.807) is 0 Å². The molecule has 92 valence electrons. The Morgan fingerprint density at radius 3 is 2.53 bits per heavy atom. The van der Waals surface area contributed by atoms with Gasteiger partial charge < -0.3 is 10.6 Å². The molecule has 2 N–H and O–H groups in total. The van der Waals surface area contributed by atoms with Crippen molar-refractivity contribution in [3.05, 3.63) is 35.9 Å². The maximum Gasteiger partial charge on any atom is 0.315 e. The molecule has 0 saturated heterocycles. The predicted octanol–water partition coefficient (Wildman–Crippen LogP) is 2.43. The van der Waals surface area contributed by atoms with E-state index in [1.807, 2.05) is 18.2 Å². The largest absolute Gasteiger partial charge is 0.337 e. The number of benzene rings is 1. The number of carbonyl (C=O) groups is 1. The van der Waals surface area contributed by atoms with Gasteiger partial charge >= 0.3 is 6.03 Å². The van der Waals surface area contributed by atoms with Crippen LogP contribution in [0.2, 0.25) is 0 Å². The summed E-state index contributed by atoms with van der Waals surface area (Å²) in [5.74, 6) is 0. The molecule has 3 heteroatoms. The number of carbonyl (C=O) groups excluding carboxylic acids is 1. The number of urea groups is 1. The van der Waals surface area contributed by atoms with Crippen molar-refractivity contribution in [3.63, 3.8) is 0 Å². The summed E-state index contributed by atoms with van der Waals surface area (Å²) in [6, 6.07) is 10.6. The average Bonchev–Trinajstić information content (AvgIpc) is 3.12. The van der Waals surface area contributed by atoms with Gasteiger partial charge in [-0.3, -0.25) is 0 Å². The van der Waals surface area contributed by atoms with Gasteiger partial charge in [0, 0.05) is 18.0 Å². The van der Waals surface area contributed by atoms with Crippen molar-refractivity contribution < 1.29 is 4.79 Å². The Morgan fingerprint density at radius 1 is 1.29 bits per heavy atom. The Balaban J connectivity index is 1.86. The smallest absolute Gasteiger partial charge is 0.315 e. The molecule has 0 spiro atoms. The van der Waals surface area contributed by atoms with Gasteiger partial charge in [-0.25, -0.2) is 4.79 Å². The summed E-state index contributed by atoms with van der Waals surface area (Å²) >= 11 is 0. The third-order valence-corrected chi connectivity index (χ3v) is 3.16. The second kappa shape index (κ2) is 4.78. The highest BCUT2D eigenvalue weighted by Gasteiger charge is 2.25. The summed E-state index contributed by atoms with van der Waals surface area (Å²) in [6.07, 6.45) is 2.24. The summed E-state index contributed by atoms with van der Waals surface area (Å²) in [6.45, 7) is 4.93. The molecule has 3 nitrogen and oxygen atoms in total. The first-order chi connectivity index (χ1) is 8.08. The average molecular weight is 232 g/mol. The Hall–Kier alpha value is -1.51. The minimum atomic E-state index is -0.0449. The Kier molecular flexibility index (Phi) is 3.36. The Labute approximate surface area is 103 Å². The SMILES string of the molecule is CC(C)(CNC(=O)NC1CC1)c1ccccc1. The highest BCUT2D eigenvalue weighted by molar-refractivity contribution is 5.74. The number of rotatable bonds is 4. The lowest BCUT2D eigenvalue weighted by atomic mass is 9.85. The predicted molar refractivity (Wildman–Crippen MR) is 69.0 cm³/mol. The van der Waals surface area contributed by atoms with Crippen LogP contribution in [-0.4, -0.2) is 18.6 Å². The molecule has 0 atom stereocenters. The monoisotopic (exact) mass is 232 g/mol. The van der Waals surface area contributed by atoms with Crippen LogP contribution in [0.25, 0.3) is 0 Å². The Morgan fingerprint density at radius 2 is 1.94 bits per heavy atom. The maximum atomic E-state index is 11.5. The van der Waals surface area contributed by atoms with Crippen LogP contribution in [0.3, 0.4) is 0 Å². The van der Waals surface area contributed by atoms with Gasteiger partial charge in [-0.15, -0.1) is 0 Å². The molecule has 2 rings (SSSR count). The fourth-order valence-corrected chi connectivity index (χ4v) is 1.76. The first-order valence-corrected chi connectivity index (χ1v) is 6.18. The van der Waals surface area contributed by atoms with E-state index in [0.29, 0.717) is 12.6 Å². The van der Waals surface area contributed by atoms with Gasteiger partial charge in [0.1, 0.15) is 0 Å². The zero-order valence-corrected chi connectivity index (χ0v) is 10.5. The van der Waals surface area contributed by atoms with E-state index >= 15 is 0 Å². The van der Waals surface area contributed by atoms with E-state index in [1.165, 1.54) is 5.56 Å². The van der Waals surface area contributed by atoms with E-state index in [4.69, 9.17) is 0 Å². The number of amides is 2. The van der Waals surface area contributed by atoms with Crippen LogP contribution in [0.1, 0.15) is 32.3 Å². The second-order valence-electron chi connectivity index (χ2n) is 5.35. The molecule has 0 unspecified atom stereocenters. The Bertz CT molecular complexity index is 382. The lowest BCUT2D eigenvalue weighted by Gasteiger charge is -2.25. The van der Waals surface area contributed by atoms with Gasteiger partial charge in [-0.1, -0.05) is 44.2 Å². The van der Waals surface area contributed by atoms with Crippen LogP contribution in [-0.2, 0) is 5.41 Å². The van der Waals surface area contributed by atoms with E-state index in [9.17, 15) is 4.79 Å². The van der Waals surface area contributed by atoms with Gasteiger partial charge in [0.2, 0.25) is 0 Å². The molecule has 0 bridgehead atoms. The highest BCUT2D eigenvalue weighted by atomic mass is 16.2. The molecule has 0 heterocycles. The number of nitrogens with one attached hydrogen (secondary N) is 2. The molecule has 1 saturated carbocycles. The highest BCUT2D eigenvalue weighted by Crippen LogP contribution is 2.22. The van der Waals surface area contributed by atoms with Gasteiger partial charge in [0.25, 0.3) is 0 Å². The number of hydrogen-bond donors (Lipinski definition) is 2. The van der Waals surface area contributed by atoms with Crippen molar-refractivity contribution in [1.29, 1.82) is 0 Å². The summed E-state index contributed by atoms with van der Waals surface area (Å²) in [5.41, 5.74) is 1.20. The third kappa shape index (κ3) is 3.48. The molecule has 2 amide bonds. The van der Waals surface area contributed by atoms with Crippen LogP contribution < -0.4 is 10.6 Å². The second-order valence-corrected chi connectivity index (χ2v) is 5.35. The van der Waals surface area contributed by atoms with Crippen molar-refractivity contribution >= 4 is 6.03 Å². The van der Waals surface area contributed by atoms with Gasteiger partial charge in [-0.05, 0) is 18.4 Å². The molecule has 0 aromatic heterocycles. The summed E-state index contributed by atoms with van der Waals surface area (Å²) in [7, 11) is 0. The van der Waals surface area contributed by atoms with Gasteiger partial charge in [0.15, 0.2) is 0 Å². The van der Waals surface area contributed by atoms with Crippen LogP contribution in [0.5, 0.6) is 0 Å². The van der Waals surface area contributed by atoms with Crippen molar-refractivity contribution in [2.24, 2.45) is 0 Å². The molecule has 0 radical (unpaired) electrons. The molecule has 0 aliphatic heterocycles. The van der Waals surface area contributed by atoms with Gasteiger partial charge in [0.05, 0.1) is 0 Å². The molecule has 1 aliphatic rings. The van der Waals surface area contributed by atoms with Crippen LogP contribution >= 0.6 is 0 Å². The topological polar surface area (TPSA) is 41.1 Å². The lowest BCUT2D eigenvalue weighted by Crippen LogP contribution is -2.43. The fraction of sp³-hybridized carbons (Fsp3) is 0.500. The normalized spacial score (nSPS) is 15.4. The van der Waals surface area contributed by atoms with E-state index in [-0.39, 0.29) is 11.4 Å². The molecule has 17 heavy (non-hydrogen) atoms. The van der Waals surface area contributed by atoms with Crippen LogP contribution in [0.4, 0.5) is 4.79 Å². The van der Waals surface area contributed by atoms with Crippen molar-refractivity contribution in [1.82, 2.24) is 10.6 Å². The van der Waals surface area contributed by atoms with Crippen molar-refractivity contribution in [3.8, 4) is 0 Å². The fourth-order valence-electron chi connectivity index (χ4n) is 1.76. The molecular formula is C14H20N2O. The third-order valence-electron chi connectivity index (χ3n) is 3.16. The molecule has 1 aromatic rings. The van der Waals surface area contributed by atoms with E-state index in [0.717, 1.165) is 12.8 Å². The maximum absolute atomic E-state index is 11.5. The minimum absolute atomic E-state index is 0.0395. The zero-order chi connectivity index (χ0) is 12.3. The minimum Gasteiger partial charge on any atom is -0.337 e. The van der Waals surface area contributed by atoms with Crippen LogP contribution in [0, 0.1) is 0 Å². The summed E-state index contributed by atoms with van der Waals surface area (Å²) in [4.78, 5) is 11.5. The first kappa shape index (κ1) is 12.0. The number of hydrogen-bond acceptors (Lipinski definition) is 1. The molecule has 1 aliphatic carbocycles. The van der Waals surface area contributed by atoms with Crippen LogP contribution in [0.15, 0.2) is 30.3 Å². The summed E-state index contributed by atoms with van der Waals surface area (Å²) in [5, 5.41) is 5.87. The van der Waals surface area contributed by atoms with E-state index in [2.05, 4.69) is 36.6 Å². The standard InChI is InChI=1S/C14H20N2O/c1-14(2,11-6-4-3-5-7-11)10-15-13(17)16-12-8-9-12/h3-7,12H,8-10H2,1-2H3,(H2,15,16,17). The molecule has 1 aromatic carbocycles. The van der Waals surface area contributed by atoms with Gasteiger partial charge in [-0.2, -0.15) is 0 Å². The zero-order valence-electron chi connectivity index (χ0n) is 10.5. The first-order valence-electron chi connectivity index (χ1n) is 6.18. The van der Waals surface area contributed by atoms with E-state index < -0.39 is 0 Å². The van der Waals surface area contributed by atoms with Crippen molar-refractivity contribution in [2.75, 3.05) is 6.54 Å². The quantitative estimate of drug-likeness (QED) is 0.822. The lowest BCUT2D eigenvalue weighted by molar-refractivity contribution is 0.238. The molecular weight excluding hydrogens is 212 g/mol.